The molecule has 183 valence electrons. The van der Waals surface area contributed by atoms with Crippen LogP contribution in [0.2, 0.25) is 0 Å². The van der Waals surface area contributed by atoms with Crippen molar-refractivity contribution < 1.29 is 14.2 Å². The average Bonchev–Trinajstić information content (AvgIpc) is 3.32. The minimum absolute atomic E-state index is 0.0676. The molecule has 0 bridgehead atoms. The molecule has 1 fully saturated rings. The Hall–Kier alpha value is -2.91. The van der Waals surface area contributed by atoms with Gasteiger partial charge in [0.2, 0.25) is 0 Å². The number of nitrogens with one attached hydrogen (secondary N) is 2. The Balaban J connectivity index is 1.30. The van der Waals surface area contributed by atoms with Crippen LogP contribution in [0.3, 0.4) is 0 Å². The minimum Gasteiger partial charge on any atom is -0.493 e. The number of aromatic nitrogens is 4. The van der Waals surface area contributed by atoms with Gasteiger partial charge in [-0.1, -0.05) is 0 Å². The second-order valence-electron chi connectivity index (χ2n) is 9.65. The summed E-state index contributed by atoms with van der Waals surface area (Å²) < 4.78 is 17.6. The third-order valence-electron chi connectivity index (χ3n) is 6.05. The van der Waals surface area contributed by atoms with E-state index in [-0.39, 0.29) is 5.60 Å². The van der Waals surface area contributed by atoms with E-state index in [2.05, 4.69) is 57.4 Å². The molecule has 4 rings (SSSR count). The Morgan fingerprint density at radius 3 is 2.68 bits per heavy atom. The highest BCUT2D eigenvalue weighted by Crippen LogP contribution is 2.35. The summed E-state index contributed by atoms with van der Waals surface area (Å²) in [6, 6.07) is 5.53. The lowest BCUT2D eigenvalue weighted by Gasteiger charge is -2.32. The monoisotopic (exact) mass is 467 g/mol. The van der Waals surface area contributed by atoms with Crippen LogP contribution < -0.4 is 14.8 Å². The summed E-state index contributed by atoms with van der Waals surface area (Å²) in [4.78, 5) is 11.3. The Morgan fingerprint density at radius 2 is 1.97 bits per heavy atom. The van der Waals surface area contributed by atoms with Crippen LogP contribution in [-0.4, -0.2) is 70.6 Å². The summed E-state index contributed by atoms with van der Waals surface area (Å²) >= 11 is 0. The molecule has 0 atom stereocenters. The molecule has 1 aliphatic rings. The third-order valence-corrected chi connectivity index (χ3v) is 6.05. The minimum atomic E-state index is -0.0676. The molecule has 3 aromatic rings. The van der Waals surface area contributed by atoms with Crippen molar-refractivity contribution in [3.8, 4) is 11.5 Å². The van der Waals surface area contributed by atoms with Crippen molar-refractivity contribution >= 4 is 22.5 Å². The molecule has 0 amide bonds. The zero-order chi connectivity index (χ0) is 24.0. The fraction of sp³-hybridized carbons (Fsp3) is 0.560. The number of likely N-dealkylation sites (tertiary alicyclic amines) is 1. The number of piperidine rings is 1. The van der Waals surface area contributed by atoms with E-state index >= 15 is 0 Å². The number of aromatic amines is 1. The lowest BCUT2D eigenvalue weighted by molar-refractivity contribution is -0.0165. The van der Waals surface area contributed by atoms with Gasteiger partial charge in [0.15, 0.2) is 17.3 Å². The van der Waals surface area contributed by atoms with Crippen LogP contribution in [0.1, 0.15) is 40.0 Å². The summed E-state index contributed by atoms with van der Waals surface area (Å²) in [5, 5.41) is 10.7. The van der Waals surface area contributed by atoms with Crippen molar-refractivity contribution in [2.45, 2.75) is 45.6 Å². The van der Waals surface area contributed by atoms with E-state index in [4.69, 9.17) is 14.2 Å². The van der Waals surface area contributed by atoms with Gasteiger partial charge in [0.05, 0.1) is 37.6 Å². The highest BCUT2D eigenvalue weighted by Gasteiger charge is 2.20. The van der Waals surface area contributed by atoms with Crippen molar-refractivity contribution in [1.82, 2.24) is 25.1 Å². The molecule has 0 aliphatic carbocycles. The molecule has 2 N–H and O–H groups in total. The van der Waals surface area contributed by atoms with Crippen molar-refractivity contribution in [3.05, 3.63) is 30.7 Å². The van der Waals surface area contributed by atoms with Crippen molar-refractivity contribution in [3.63, 3.8) is 0 Å². The Morgan fingerprint density at radius 1 is 1.15 bits per heavy atom. The first-order valence-corrected chi connectivity index (χ1v) is 11.9. The van der Waals surface area contributed by atoms with Crippen LogP contribution in [0, 0.1) is 12.1 Å². The molecule has 34 heavy (non-hydrogen) atoms. The number of methoxy groups -OCH3 is 1. The van der Waals surface area contributed by atoms with Gasteiger partial charge in [0.25, 0.3) is 0 Å². The van der Waals surface area contributed by atoms with E-state index < -0.39 is 0 Å². The van der Waals surface area contributed by atoms with Gasteiger partial charge in [-0.15, -0.1) is 0 Å². The summed E-state index contributed by atoms with van der Waals surface area (Å²) in [6.45, 7) is 11.0. The van der Waals surface area contributed by atoms with E-state index in [9.17, 15) is 0 Å². The molecular formula is C25H35N6O3. The molecular weight excluding hydrogens is 432 g/mol. The largest absolute Gasteiger partial charge is 0.493 e. The number of anilines is 2. The first kappa shape index (κ1) is 24.2. The summed E-state index contributed by atoms with van der Waals surface area (Å²) in [5.74, 6) is 3.31. The van der Waals surface area contributed by atoms with Gasteiger partial charge in [-0.25, -0.2) is 9.97 Å². The molecule has 1 saturated heterocycles. The third kappa shape index (κ3) is 6.57. The highest BCUT2D eigenvalue weighted by molar-refractivity contribution is 5.92. The van der Waals surface area contributed by atoms with Gasteiger partial charge in [-0.05, 0) is 65.1 Å². The van der Waals surface area contributed by atoms with Crippen LogP contribution in [0.5, 0.6) is 11.5 Å². The van der Waals surface area contributed by atoms with E-state index in [1.54, 1.807) is 13.2 Å². The second-order valence-corrected chi connectivity index (χ2v) is 9.65. The molecule has 1 radical (unpaired) electrons. The smallest absolute Gasteiger partial charge is 0.163 e. The predicted molar refractivity (Wildman–Crippen MR) is 132 cm³/mol. The molecule has 2 aromatic heterocycles. The Kier molecular flexibility index (Phi) is 7.84. The molecule has 1 aromatic carbocycles. The van der Waals surface area contributed by atoms with Gasteiger partial charge >= 0.3 is 0 Å². The number of hydrogen-bond acceptors (Lipinski definition) is 8. The fourth-order valence-corrected chi connectivity index (χ4v) is 4.16. The van der Waals surface area contributed by atoms with Gasteiger partial charge < -0.3 is 24.4 Å². The molecule has 0 unspecified atom stereocenters. The van der Waals surface area contributed by atoms with E-state index in [1.807, 2.05) is 12.1 Å². The quantitative estimate of drug-likeness (QED) is 0.458. The SMILES string of the molecule is COc1cc2c(Nc3c[c][nH]n3)ncnc2cc1OCCC1CCN(CCOC(C)(C)C)CC1. The van der Waals surface area contributed by atoms with Crippen molar-refractivity contribution in [2.75, 3.05) is 45.3 Å². The zero-order valence-electron chi connectivity index (χ0n) is 20.6. The molecule has 9 heteroatoms. The summed E-state index contributed by atoms with van der Waals surface area (Å²) in [7, 11) is 1.65. The lowest BCUT2D eigenvalue weighted by atomic mass is 9.94. The normalized spacial score (nSPS) is 15.5. The van der Waals surface area contributed by atoms with Crippen molar-refractivity contribution in [2.24, 2.45) is 5.92 Å². The van der Waals surface area contributed by atoms with E-state index in [0.717, 1.165) is 43.6 Å². The van der Waals surface area contributed by atoms with Crippen LogP contribution >= 0.6 is 0 Å². The number of rotatable bonds is 10. The number of H-pyrrole nitrogens is 1. The topological polar surface area (TPSA) is 97.4 Å². The molecule has 9 nitrogen and oxygen atoms in total. The Bertz CT molecular complexity index is 1040. The summed E-state index contributed by atoms with van der Waals surface area (Å²) in [6.07, 6.45) is 7.74. The standard InChI is InChI=1S/C25H35N6O3/c1-25(2,3)34-14-12-31-10-6-18(7-11-31)8-13-33-22-16-20-19(15-21(22)32-4)24(27-17-26-20)29-23-5-9-28-30-23/h5,15-18H,6-8,10-14H2,1-4H3,(H2,26,27,28,29,30). The van der Waals surface area contributed by atoms with Crippen LogP contribution in [0.4, 0.5) is 11.6 Å². The van der Waals surface area contributed by atoms with Gasteiger partial charge in [-0.2, -0.15) is 5.10 Å². The average molecular weight is 468 g/mol. The number of nitrogens with zero attached hydrogens (tertiary/aromatic N) is 4. The maximum Gasteiger partial charge on any atom is 0.163 e. The van der Waals surface area contributed by atoms with Crippen LogP contribution in [-0.2, 0) is 4.74 Å². The van der Waals surface area contributed by atoms with Crippen LogP contribution in [0.15, 0.2) is 24.5 Å². The number of hydrogen-bond donors (Lipinski definition) is 2. The number of ether oxygens (including phenoxy) is 3. The molecule has 0 saturated carbocycles. The van der Waals surface area contributed by atoms with E-state index in [0.29, 0.717) is 35.7 Å². The summed E-state index contributed by atoms with van der Waals surface area (Å²) in [5.41, 5.74) is 0.709. The molecule has 1 aliphatic heterocycles. The van der Waals surface area contributed by atoms with Crippen LogP contribution in [0.25, 0.3) is 10.9 Å². The molecule has 3 heterocycles. The van der Waals surface area contributed by atoms with Crippen molar-refractivity contribution in [1.29, 1.82) is 0 Å². The number of benzene rings is 1. The zero-order valence-corrected chi connectivity index (χ0v) is 20.6. The first-order valence-electron chi connectivity index (χ1n) is 11.9. The maximum atomic E-state index is 6.15. The maximum absolute atomic E-state index is 6.15. The predicted octanol–water partition coefficient (Wildman–Crippen LogP) is 4.20. The second kappa shape index (κ2) is 11.0. The van der Waals surface area contributed by atoms with Gasteiger partial charge in [-0.3, -0.25) is 5.10 Å². The number of fused-ring (bicyclic) bond motifs is 1. The lowest BCUT2D eigenvalue weighted by Crippen LogP contribution is -2.37. The van der Waals surface area contributed by atoms with Gasteiger partial charge in [0.1, 0.15) is 12.1 Å². The van der Waals surface area contributed by atoms with Gasteiger partial charge in [0, 0.05) is 24.1 Å². The first-order chi connectivity index (χ1) is 16.4. The van der Waals surface area contributed by atoms with E-state index in [1.165, 1.54) is 19.2 Å². The fourth-order valence-electron chi connectivity index (χ4n) is 4.16. The Labute approximate surface area is 201 Å². The highest BCUT2D eigenvalue weighted by atomic mass is 16.5. The molecule has 0 spiro atoms.